The lowest BCUT2D eigenvalue weighted by Gasteiger charge is -2.58. The Morgan fingerprint density at radius 2 is 2.17 bits per heavy atom. The molecule has 3 N–H and O–H groups in total. The van der Waals surface area contributed by atoms with Crippen LogP contribution in [0, 0.1) is 5.92 Å². The second-order valence-corrected chi connectivity index (χ2v) is 4.94. The van der Waals surface area contributed by atoms with Crippen molar-refractivity contribution in [2.75, 3.05) is 0 Å². The molecule has 0 amide bonds. The van der Waals surface area contributed by atoms with E-state index in [1.54, 1.807) is 0 Å². The Kier molecular flexibility index (Phi) is 1.13. The van der Waals surface area contributed by atoms with Gasteiger partial charge in [0.1, 0.15) is 0 Å². The number of aliphatic hydroxyl groups is 1. The molecule has 4 atom stereocenters. The Morgan fingerprint density at radius 3 is 2.75 bits per heavy atom. The molecular weight excluding hydrogens is 154 g/mol. The fraction of sp³-hybridized carbons (Fsp3) is 1.00. The summed E-state index contributed by atoms with van der Waals surface area (Å²) in [6.45, 7) is 0. The highest BCUT2D eigenvalue weighted by atomic mass is 16.6. The molecule has 0 spiro atoms. The van der Waals surface area contributed by atoms with Gasteiger partial charge >= 0.3 is 0 Å². The minimum atomic E-state index is -0.862. The first-order chi connectivity index (χ1) is 5.57. The zero-order valence-electron chi connectivity index (χ0n) is 7.12. The molecule has 0 aromatic heterocycles. The second kappa shape index (κ2) is 1.86. The van der Waals surface area contributed by atoms with Gasteiger partial charge in [-0.05, 0) is 25.2 Å². The summed E-state index contributed by atoms with van der Waals surface area (Å²) in [4.78, 5) is 0. The van der Waals surface area contributed by atoms with Gasteiger partial charge in [0.05, 0.1) is 6.10 Å². The van der Waals surface area contributed by atoms with Crippen LogP contribution in [0.25, 0.3) is 0 Å². The van der Waals surface area contributed by atoms with Gasteiger partial charge in [0.2, 0.25) is 0 Å². The Morgan fingerprint density at radius 1 is 1.33 bits per heavy atom. The van der Waals surface area contributed by atoms with Crippen LogP contribution in [0.4, 0.5) is 0 Å². The first kappa shape index (κ1) is 7.30. The Hall–Kier alpha value is -0.120. The van der Waals surface area contributed by atoms with E-state index in [0.29, 0.717) is 12.3 Å². The highest BCUT2D eigenvalue weighted by Gasteiger charge is 2.56. The summed E-state index contributed by atoms with van der Waals surface area (Å²) < 4.78 is 5.55. The van der Waals surface area contributed by atoms with Crippen molar-refractivity contribution < 1.29 is 9.84 Å². The molecular formula is C9H15NO2. The van der Waals surface area contributed by atoms with Gasteiger partial charge in [-0.2, -0.15) is 0 Å². The molecule has 2 saturated carbocycles. The highest BCUT2D eigenvalue weighted by molar-refractivity contribution is 5.07. The van der Waals surface area contributed by atoms with E-state index in [1.807, 2.05) is 0 Å². The summed E-state index contributed by atoms with van der Waals surface area (Å²) in [5.41, 5.74) is 6.05. The van der Waals surface area contributed by atoms with E-state index >= 15 is 0 Å². The lowest BCUT2D eigenvalue weighted by Crippen LogP contribution is -2.65. The van der Waals surface area contributed by atoms with Gasteiger partial charge in [0.15, 0.2) is 5.79 Å². The van der Waals surface area contributed by atoms with Crippen molar-refractivity contribution in [3.05, 3.63) is 0 Å². The monoisotopic (exact) mass is 169 g/mol. The van der Waals surface area contributed by atoms with Crippen molar-refractivity contribution in [1.29, 1.82) is 0 Å². The van der Waals surface area contributed by atoms with Gasteiger partial charge in [-0.25, -0.2) is 0 Å². The Labute approximate surface area is 71.9 Å². The van der Waals surface area contributed by atoms with Gasteiger partial charge < -0.3 is 15.6 Å². The number of hydrogen-bond donors (Lipinski definition) is 2. The first-order valence-corrected chi connectivity index (χ1v) is 4.76. The van der Waals surface area contributed by atoms with Crippen LogP contribution in [-0.4, -0.2) is 22.5 Å². The maximum absolute atomic E-state index is 9.97. The minimum Gasteiger partial charge on any atom is -0.365 e. The van der Waals surface area contributed by atoms with Crippen molar-refractivity contribution >= 4 is 0 Å². The van der Waals surface area contributed by atoms with Gasteiger partial charge in [0.25, 0.3) is 0 Å². The first-order valence-electron chi connectivity index (χ1n) is 4.76. The van der Waals surface area contributed by atoms with E-state index in [1.165, 1.54) is 0 Å². The maximum atomic E-state index is 9.97. The third kappa shape index (κ3) is 0.873. The largest absolute Gasteiger partial charge is 0.365 e. The summed E-state index contributed by atoms with van der Waals surface area (Å²) in [5, 5.41) is 9.97. The molecule has 4 bridgehead atoms. The molecule has 4 rings (SSSR count). The van der Waals surface area contributed by atoms with E-state index < -0.39 is 5.79 Å². The third-order valence-corrected chi connectivity index (χ3v) is 3.55. The summed E-state index contributed by atoms with van der Waals surface area (Å²) in [6, 6.07) is 0. The molecule has 2 saturated heterocycles. The standard InChI is InChI=1S/C9H15NO2/c10-8-2-6-1-7(4-8)12-9(11,3-6)5-8/h6-7,11H,1-5,10H2/t6-,7-,8+,9-/m0/s1. The van der Waals surface area contributed by atoms with Crippen LogP contribution in [-0.2, 0) is 4.74 Å². The van der Waals surface area contributed by atoms with E-state index in [4.69, 9.17) is 10.5 Å². The molecule has 4 aliphatic rings. The maximum Gasteiger partial charge on any atom is 0.167 e. The van der Waals surface area contributed by atoms with Crippen LogP contribution in [0.3, 0.4) is 0 Å². The van der Waals surface area contributed by atoms with Crippen LogP contribution in [0.1, 0.15) is 32.1 Å². The lowest BCUT2D eigenvalue weighted by molar-refractivity contribution is -0.320. The molecule has 2 heterocycles. The average Bonchev–Trinajstić information content (AvgIpc) is 1.75. The smallest absolute Gasteiger partial charge is 0.167 e. The van der Waals surface area contributed by atoms with Crippen LogP contribution < -0.4 is 5.73 Å². The van der Waals surface area contributed by atoms with Crippen molar-refractivity contribution in [2.24, 2.45) is 11.7 Å². The topological polar surface area (TPSA) is 55.5 Å². The van der Waals surface area contributed by atoms with Crippen LogP contribution in [0.15, 0.2) is 0 Å². The van der Waals surface area contributed by atoms with Crippen LogP contribution in [0.5, 0.6) is 0 Å². The van der Waals surface area contributed by atoms with Gasteiger partial charge in [-0.3, -0.25) is 0 Å². The molecule has 3 nitrogen and oxygen atoms in total. The summed E-state index contributed by atoms with van der Waals surface area (Å²) in [5.74, 6) is -0.250. The SMILES string of the molecule is N[C@]12C[C@@H]3C[C@@H](C1)O[C@@](O)(C3)C2. The normalized spacial score (nSPS) is 62.5. The fourth-order valence-corrected chi connectivity index (χ4v) is 3.51. The summed E-state index contributed by atoms with van der Waals surface area (Å²) >= 11 is 0. The van der Waals surface area contributed by atoms with Crippen molar-refractivity contribution in [2.45, 2.75) is 49.5 Å². The predicted molar refractivity (Wildman–Crippen MR) is 43.3 cm³/mol. The molecule has 2 aliphatic carbocycles. The van der Waals surface area contributed by atoms with Crippen LogP contribution in [0.2, 0.25) is 0 Å². The lowest BCUT2D eigenvalue weighted by atomic mass is 9.62. The molecule has 4 fully saturated rings. The summed E-state index contributed by atoms with van der Waals surface area (Å²) in [7, 11) is 0. The molecule has 3 heteroatoms. The zero-order valence-corrected chi connectivity index (χ0v) is 7.12. The fourth-order valence-electron chi connectivity index (χ4n) is 3.51. The third-order valence-electron chi connectivity index (χ3n) is 3.55. The van der Waals surface area contributed by atoms with E-state index in [0.717, 1.165) is 25.7 Å². The quantitative estimate of drug-likeness (QED) is 0.550. The molecule has 0 unspecified atom stereocenters. The summed E-state index contributed by atoms with van der Waals surface area (Å²) in [6.07, 6.45) is 4.85. The van der Waals surface area contributed by atoms with Gasteiger partial charge in [0, 0.05) is 18.4 Å². The average molecular weight is 169 g/mol. The van der Waals surface area contributed by atoms with E-state index in [2.05, 4.69) is 0 Å². The molecule has 12 heavy (non-hydrogen) atoms. The highest BCUT2D eigenvalue weighted by Crippen LogP contribution is 2.52. The van der Waals surface area contributed by atoms with Crippen molar-refractivity contribution in [1.82, 2.24) is 0 Å². The number of rotatable bonds is 0. The molecule has 2 aliphatic heterocycles. The van der Waals surface area contributed by atoms with Crippen molar-refractivity contribution in [3.63, 3.8) is 0 Å². The molecule has 68 valence electrons. The number of nitrogens with two attached hydrogens (primary N) is 1. The molecule has 0 aromatic carbocycles. The predicted octanol–water partition coefficient (Wildman–Crippen LogP) is 0.365. The molecule has 0 radical (unpaired) electrons. The Balaban J connectivity index is 1.98. The number of hydrogen-bond acceptors (Lipinski definition) is 3. The van der Waals surface area contributed by atoms with Gasteiger partial charge in [-0.15, -0.1) is 0 Å². The van der Waals surface area contributed by atoms with Gasteiger partial charge in [-0.1, -0.05) is 0 Å². The van der Waals surface area contributed by atoms with Crippen LogP contribution >= 0.6 is 0 Å². The van der Waals surface area contributed by atoms with E-state index in [-0.39, 0.29) is 11.6 Å². The minimum absolute atomic E-state index is 0.112. The second-order valence-electron chi connectivity index (χ2n) is 4.94. The van der Waals surface area contributed by atoms with Crippen molar-refractivity contribution in [3.8, 4) is 0 Å². The number of ether oxygens (including phenoxy) is 1. The molecule has 0 aromatic rings. The Bertz CT molecular complexity index is 195. The zero-order chi connectivity index (χ0) is 8.40. The van der Waals surface area contributed by atoms with E-state index in [9.17, 15) is 5.11 Å².